The molecule has 0 saturated heterocycles. The van der Waals surface area contributed by atoms with E-state index in [1.54, 1.807) is 6.07 Å². The fourth-order valence-electron chi connectivity index (χ4n) is 2.94. The van der Waals surface area contributed by atoms with Gasteiger partial charge in [-0.25, -0.2) is 4.98 Å². The van der Waals surface area contributed by atoms with Crippen molar-refractivity contribution in [1.82, 2.24) is 20.2 Å². The van der Waals surface area contributed by atoms with Crippen molar-refractivity contribution in [2.45, 2.75) is 20.1 Å². The van der Waals surface area contributed by atoms with Crippen molar-refractivity contribution in [3.05, 3.63) is 58.1 Å². The van der Waals surface area contributed by atoms with Gasteiger partial charge in [0.05, 0.1) is 29.9 Å². The Kier molecular flexibility index (Phi) is 4.24. The number of nitrogens with one attached hydrogen (secondary N) is 2. The van der Waals surface area contributed by atoms with Crippen molar-refractivity contribution in [3.8, 4) is 22.8 Å². The third-order valence-corrected chi connectivity index (χ3v) is 4.85. The molecule has 0 amide bonds. The van der Waals surface area contributed by atoms with Crippen LogP contribution >= 0.6 is 11.6 Å². The van der Waals surface area contributed by atoms with Gasteiger partial charge in [-0.3, -0.25) is 5.10 Å². The number of aryl methyl sites for hydroxylation is 1. The molecule has 4 rings (SSSR count). The van der Waals surface area contributed by atoms with Crippen molar-refractivity contribution in [2.75, 3.05) is 0 Å². The summed E-state index contributed by atoms with van der Waals surface area (Å²) in [7, 11) is 0. The molecule has 4 aromatic rings. The van der Waals surface area contributed by atoms with Crippen molar-refractivity contribution in [1.29, 1.82) is 0 Å². The first kappa shape index (κ1) is 16.8. The Bertz CT molecular complexity index is 1060. The minimum absolute atomic E-state index is 0.108. The number of imidazole rings is 1. The van der Waals surface area contributed by atoms with Gasteiger partial charge in [0.15, 0.2) is 5.82 Å². The fourth-order valence-corrected chi connectivity index (χ4v) is 3.10. The molecule has 0 spiro atoms. The number of benzene rings is 2. The zero-order valence-electron chi connectivity index (χ0n) is 14.0. The SMILES string of the molecule is Cc1cc2[nH]c(-c3cc(-c4ccc(CO)c(CO)c4)n[nH]3)nc2cc1Cl. The predicted octanol–water partition coefficient (Wildman–Crippen LogP) is 3.57. The van der Waals surface area contributed by atoms with Gasteiger partial charge >= 0.3 is 0 Å². The van der Waals surface area contributed by atoms with Crippen LogP contribution < -0.4 is 0 Å². The molecule has 2 heterocycles. The summed E-state index contributed by atoms with van der Waals surface area (Å²) < 4.78 is 0. The van der Waals surface area contributed by atoms with Crippen molar-refractivity contribution in [2.24, 2.45) is 0 Å². The molecule has 0 fully saturated rings. The molecule has 0 aliphatic carbocycles. The van der Waals surface area contributed by atoms with Crippen LogP contribution in [0.25, 0.3) is 33.8 Å². The van der Waals surface area contributed by atoms with E-state index in [-0.39, 0.29) is 13.2 Å². The zero-order chi connectivity index (χ0) is 18.3. The summed E-state index contributed by atoms with van der Waals surface area (Å²) in [4.78, 5) is 7.84. The molecule has 6 nitrogen and oxygen atoms in total. The van der Waals surface area contributed by atoms with Crippen LogP contribution in [0.5, 0.6) is 0 Å². The van der Waals surface area contributed by atoms with Gasteiger partial charge < -0.3 is 15.2 Å². The lowest BCUT2D eigenvalue weighted by Crippen LogP contribution is -1.94. The van der Waals surface area contributed by atoms with Gasteiger partial charge in [0, 0.05) is 10.6 Å². The lowest BCUT2D eigenvalue weighted by atomic mass is 10.0. The third kappa shape index (κ3) is 2.88. The van der Waals surface area contributed by atoms with E-state index in [0.29, 0.717) is 22.0 Å². The number of halogens is 1. The van der Waals surface area contributed by atoms with Gasteiger partial charge in [-0.2, -0.15) is 5.10 Å². The van der Waals surface area contributed by atoms with Gasteiger partial charge in [-0.15, -0.1) is 0 Å². The minimum atomic E-state index is -0.134. The van der Waals surface area contributed by atoms with Crippen LogP contribution in [-0.2, 0) is 13.2 Å². The van der Waals surface area contributed by atoms with Gasteiger partial charge in [0.25, 0.3) is 0 Å². The first-order chi connectivity index (χ1) is 12.6. The Labute approximate surface area is 154 Å². The van der Waals surface area contributed by atoms with Crippen molar-refractivity contribution in [3.63, 3.8) is 0 Å². The van der Waals surface area contributed by atoms with Crippen LogP contribution in [0.1, 0.15) is 16.7 Å². The second-order valence-electron chi connectivity index (χ2n) is 6.17. The predicted molar refractivity (Wildman–Crippen MR) is 101 cm³/mol. The lowest BCUT2D eigenvalue weighted by Gasteiger charge is -2.06. The largest absolute Gasteiger partial charge is 0.392 e. The molecule has 7 heteroatoms. The average molecular weight is 369 g/mol. The maximum absolute atomic E-state index is 9.46. The molecule has 0 bridgehead atoms. The molecular weight excluding hydrogens is 352 g/mol. The highest BCUT2D eigenvalue weighted by Gasteiger charge is 2.12. The van der Waals surface area contributed by atoms with E-state index in [0.717, 1.165) is 33.5 Å². The summed E-state index contributed by atoms with van der Waals surface area (Å²) >= 11 is 6.17. The maximum Gasteiger partial charge on any atom is 0.156 e. The van der Waals surface area contributed by atoms with E-state index in [1.165, 1.54) is 0 Å². The number of aromatic amines is 2. The molecular formula is C19H17ClN4O2. The summed E-state index contributed by atoms with van der Waals surface area (Å²) in [5, 5.41) is 26.8. The molecule has 2 aromatic carbocycles. The third-order valence-electron chi connectivity index (χ3n) is 4.44. The number of hydrogen-bond donors (Lipinski definition) is 4. The molecule has 4 N–H and O–H groups in total. The van der Waals surface area contributed by atoms with Crippen LogP contribution in [0.3, 0.4) is 0 Å². The Morgan fingerprint density at radius 1 is 1.04 bits per heavy atom. The monoisotopic (exact) mass is 368 g/mol. The molecule has 0 aliphatic heterocycles. The quantitative estimate of drug-likeness (QED) is 0.442. The maximum atomic E-state index is 9.46. The van der Waals surface area contributed by atoms with E-state index >= 15 is 0 Å². The van der Waals surface area contributed by atoms with Gasteiger partial charge in [0.1, 0.15) is 5.69 Å². The highest BCUT2D eigenvalue weighted by molar-refractivity contribution is 6.32. The molecule has 2 aromatic heterocycles. The second-order valence-corrected chi connectivity index (χ2v) is 6.58. The number of H-pyrrole nitrogens is 2. The summed E-state index contributed by atoms with van der Waals surface area (Å²) in [6.45, 7) is 1.71. The molecule has 132 valence electrons. The van der Waals surface area contributed by atoms with E-state index in [9.17, 15) is 10.2 Å². The Morgan fingerprint density at radius 3 is 2.62 bits per heavy atom. The van der Waals surface area contributed by atoms with Gasteiger partial charge in [0.2, 0.25) is 0 Å². The van der Waals surface area contributed by atoms with E-state index in [2.05, 4.69) is 20.2 Å². The Hall–Kier alpha value is -2.67. The number of fused-ring (bicyclic) bond motifs is 1. The standard InChI is InChI=1S/C19H17ClN4O2/c1-10-4-16-17(6-14(10)20)22-19(21-16)18-7-15(23-24-18)11-2-3-12(8-25)13(5-11)9-26/h2-7,25-26H,8-9H2,1H3,(H,21,22)(H,23,24). The number of rotatable bonds is 4. The fraction of sp³-hybridized carbons (Fsp3) is 0.158. The Balaban J connectivity index is 1.72. The van der Waals surface area contributed by atoms with Crippen LogP contribution in [0.15, 0.2) is 36.4 Å². The second kappa shape index (κ2) is 6.57. The van der Waals surface area contributed by atoms with Crippen molar-refractivity contribution >= 4 is 22.6 Å². The van der Waals surface area contributed by atoms with E-state index < -0.39 is 0 Å². The molecule has 0 saturated carbocycles. The van der Waals surface area contributed by atoms with Crippen LogP contribution in [0.2, 0.25) is 5.02 Å². The van der Waals surface area contributed by atoms with Crippen LogP contribution in [-0.4, -0.2) is 30.4 Å². The topological polar surface area (TPSA) is 97.8 Å². The highest BCUT2D eigenvalue weighted by Crippen LogP contribution is 2.27. The minimum Gasteiger partial charge on any atom is -0.392 e. The average Bonchev–Trinajstić information content (AvgIpc) is 3.28. The first-order valence-electron chi connectivity index (χ1n) is 8.14. The highest BCUT2D eigenvalue weighted by atomic mass is 35.5. The lowest BCUT2D eigenvalue weighted by molar-refractivity contribution is 0.260. The smallest absolute Gasteiger partial charge is 0.156 e. The summed E-state index contributed by atoms with van der Waals surface area (Å²) in [5.74, 6) is 0.676. The molecule has 26 heavy (non-hydrogen) atoms. The van der Waals surface area contributed by atoms with Gasteiger partial charge in [-0.05, 0) is 47.9 Å². The molecule has 0 aliphatic rings. The summed E-state index contributed by atoms with van der Waals surface area (Å²) in [6.07, 6.45) is 0. The van der Waals surface area contributed by atoms with E-state index in [1.807, 2.05) is 37.3 Å². The number of nitrogens with zero attached hydrogens (tertiary/aromatic N) is 2. The number of aromatic nitrogens is 4. The molecule has 0 atom stereocenters. The summed E-state index contributed by atoms with van der Waals surface area (Å²) in [5.41, 5.74) is 6.41. The zero-order valence-corrected chi connectivity index (χ0v) is 14.8. The van der Waals surface area contributed by atoms with Crippen LogP contribution in [0, 0.1) is 6.92 Å². The molecule has 0 unspecified atom stereocenters. The molecule has 0 radical (unpaired) electrons. The van der Waals surface area contributed by atoms with Gasteiger partial charge in [-0.1, -0.05) is 23.7 Å². The van der Waals surface area contributed by atoms with E-state index in [4.69, 9.17) is 11.6 Å². The number of hydrogen-bond acceptors (Lipinski definition) is 4. The Morgan fingerprint density at radius 2 is 1.85 bits per heavy atom. The van der Waals surface area contributed by atoms with Crippen molar-refractivity contribution < 1.29 is 10.2 Å². The normalized spacial score (nSPS) is 11.4. The first-order valence-corrected chi connectivity index (χ1v) is 8.52. The number of aliphatic hydroxyl groups excluding tert-OH is 2. The summed E-state index contributed by atoms with van der Waals surface area (Å²) in [6, 6.07) is 11.2. The van der Waals surface area contributed by atoms with Crippen LogP contribution in [0.4, 0.5) is 0 Å². The number of aliphatic hydroxyl groups is 2.